The highest BCUT2D eigenvalue weighted by Gasteiger charge is 2.28. The first kappa shape index (κ1) is 23.8. The molecule has 0 heterocycles. The van der Waals surface area contributed by atoms with E-state index < -0.39 is 20.7 Å². The molecule has 0 radical (unpaired) electrons. The van der Waals surface area contributed by atoms with E-state index in [4.69, 9.17) is 9.47 Å². The Bertz CT molecular complexity index is 952. The third-order valence-electron chi connectivity index (χ3n) is 4.13. The van der Waals surface area contributed by atoms with Crippen LogP contribution in [0.3, 0.4) is 0 Å². The van der Waals surface area contributed by atoms with Crippen molar-refractivity contribution in [2.24, 2.45) is 0 Å². The number of hydrogen-bond donors (Lipinski definition) is 1. The molecule has 8 heteroatoms. The molecule has 0 atom stereocenters. The Balaban J connectivity index is 2.28. The lowest BCUT2D eigenvalue weighted by Crippen LogP contribution is -2.18. The van der Waals surface area contributed by atoms with Gasteiger partial charge in [-0.2, -0.15) is 0 Å². The summed E-state index contributed by atoms with van der Waals surface area (Å²) < 4.78 is 36.7. The average molecular weight is 450 g/mol. The molecular formula is C22H27NO5S2. The molecule has 0 amide bonds. The highest BCUT2D eigenvalue weighted by Crippen LogP contribution is 2.24. The van der Waals surface area contributed by atoms with Crippen molar-refractivity contribution < 1.29 is 22.7 Å². The summed E-state index contributed by atoms with van der Waals surface area (Å²) >= 11 is 1.60. The van der Waals surface area contributed by atoms with Gasteiger partial charge in [0, 0.05) is 16.8 Å². The Kier molecular flexibility index (Phi) is 9.26. The Labute approximate surface area is 182 Å². The maximum atomic E-state index is 13.1. The SMILES string of the molecule is CCCCOc1ccc(S(=O)(=O)C(=CNc2ccc(SC)cc2)C(=O)OCC)cc1. The number of nitrogens with one attached hydrogen (secondary N) is 1. The van der Waals surface area contributed by atoms with E-state index in [1.807, 2.05) is 18.4 Å². The van der Waals surface area contributed by atoms with E-state index in [0.29, 0.717) is 18.0 Å². The van der Waals surface area contributed by atoms with Crippen LogP contribution < -0.4 is 10.1 Å². The van der Waals surface area contributed by atoms with E-state index in [1.165, 1.54) is 18.3 Å². The second-order valence-electron chi connectivity index (χ2n) is 6.28. The smallest absolute Gasteiger partial charge is 0.351 e. The van der Waals surface area contributed by atoms with E-state index in [2.05, 4.69) is 12.2 Å². The number of esters is 1. The molecule has 0 bridgehead atoms. The summed E-state index contributed by atoms with van der Waals surface area (Å²) in [4.78, 5) is 13.0. The summed E-state index contributed by atoms with van der Waals surface area (Å²) in [5.74, 6) is -0.329. The van der Waals surface area contributed by atoms with Gasteiger partial charge in [0.15, 0.2) is 4.91 Å². The number of anilines is 1. The van der Waals surface area contributed by atoms with Gasteiger partial charge in [-0.15, -0.1) is 11.8 Å². The Morgan fingerprint density at radius 1 is 1.07 bits per heavy atom. The van der Waals surface area contributed by atoms with Crippen LogP contribution in [0.4, 0.5) is 5.69 Å². The van der Waals surface area contributed by atoms with Gasteiger partial charge >= 0.3 is 5.97 Å². The first-order valence-electron chi connectivity index (χ1n) is 9.68. The molecule has 162 valence electrons. The third-order valence-corrected chi connectivity index (χ3v) is 6.63. The van der Waals surface area contributed by atoms with E-state index >= 15 is 0 Å². The number of ether oxygens (including phenoxy) is 2. The third kappa shape index (κ3) is 6.53. The van der Waals surface area contributed by atoms with Crippen LogP contribution in [0.1, 0.15) is 26.7 Å². The number of unbranched alkanes of at least 4 members (excludes halogenated alkanes) is 1. The summed E-state index contributed by atoms with van der Waals surface area (Å²) in [6.45, 7) is 4.32. The lowest BCUT2D eigenvalue weighted by atomic mass is 10.3. The van der Waals surface area contributed by atoms with Gasteiger partial charge in [-0.3, -0.25) is 0 Å². The first-order valence-corrected chi connectivity index (χ1v) is 12.4. The molecule has 0 saturated heterocycles. The standard InChI is InChI=1S/C22H27NO5S2/c1-4-6-15-28-18-9-13-20(14-10-18)30(25,26)21(22(24)27-5-2)16-23-17-7-11-19(29-3)12-8-17/h7-14,16,23H,4-6,15H2,1-3H3. The first-order chi connectivity index (χ1) is 14.4. The number of thioether (sulfide) groups is 1. The molecule has 0 aliphatic carbocycles. The molecule has 2 aromatic carbocycles. The van der Waals surface area contributed by atoms with Crippen LogP contribution >= 0.6 is 11.8 Å². The maximum absolute atomic E-state index is 13.1. The molecule has 0 spiro atoms. The summed E-state index contributed by atoms with van der Waals surface area (Å²) in [5.41, 5.74) is 0.657. The second kappa shape index (κ2) is 11.7. The molecule has 6 nitrogen and oxygen atoms in total. The minimum absolute atomic E-state index is 0.0100. The van der Waals surface area contributed by atoms with Gasteiger partial charge in [0.2, 0.25) is 9.84 Å². The molecule has 0 fully saturated rings. The number of sulfone groups is 1. The molecular weight excluding hydrogens is 422 g/mol. The fourth-order valence-electron chi connectivity index (χ4n) is 2.46. The molecule has 2 aromatic rings. The van der Waals surface area contributed by atoms with Gasteiger partial charge < -0.3 is 14.8 Å². The fraction of sp³-hybridized carbons (Fsp3) is 0.318. The quantitative estimate of drug-likeness (QED) is 0.227. The van der Waals surface area contributed by atoms with Crippen LogP contribution in [0.25, 0.3) is 0 Å². The number of hydrogen-bond acceptors (Lipinski definition) is 7. The minimum atomic E-state index is -4.08. The van der Waals surface area contributed by atoms with Gasteiger partial charge in [-0.1, -0.05) is 13.3 Å². The molecule has 1 N–H and O–H groups in total. The van der Waals surface area contributed by atoms with Gasteiger partial charge in [-0.05, 0) is 68.1 Å². The Morgan fingerprint density at radius 2 is 1.73 bits per heavy atom. The van der Waals surface area contributed by atoms with Crippen molar-refractivity contribution in [2.75, 3.05) is 24.8 Å². The predicted molar refractivity (Wildman–Crippen MR) is 121 cm³/mol. The number of rotatable bonds is 11. The number of carbonyl (C=O) groups is 1. The summed E-state index contributed by atoms with van der Waals surface area (Å²) in [6, 6.07) is 13.4. The van der Waals surface area contributed by atoms with Crippen molar-refractivity contribution in [3.8, 4) is 5.75 Å². The Morgan fingerprint density at radius 3 is 2.30 bits per heavy atom. The highest BCUT2D eigenvalue weighted by molar-refractivity contribution is 7.98. The van der Waals surface area contributed by atoms with Gasteiger partial charge in [0.1, 0.15) is 5.75 Å². The molecule has 0 aliphatic rings. The van der Waals surface area contributed by atoms with E-state index in [9.17, 15) is 13.2 Å². The number of benzene rings is 2. The van der Waals surface area contributed by atoms with E-state index in [-0.39, 0.29) is 11.5 Å². The van der Waals surface area contributed by atoms with Gasteiger partial charge in [0.05, 0.1) is 18.1 Å². The van der Waals surface area contributed by atoms with E-state index in [1.54, 1.807) is 43.0 Å². The van der Waals surface area contributed by atoms with Crippen LogP contribution in [0.2, 0.25) is 0 Å². The highest BCUT2D eigenvalue weighted by atomic mass is 32.2. The molecule has 0 saturated carbocycles. The monoisotopic (exact) mass is 449 g/mol. The normalized spacial score (nSPS) is 11.8. The molecule has 0 unspecified atom stereocenters. The maximum Gasteiger partial charge on any atom is 0.351 e. The van der Waals surface area contributed by atoms with Crippen LogP contribution in [0.15, 0.2) is 69.4 Å². The lowest BCUT2D eigenvalue weighted by molar-refractivity contribution is -0.137. The van der Waals surface area contributed by atoms with Crippen LogP contribution in [0, 0.1) is 0 Å². The zero-order chi connectivity index (χ0) is 22.0. The van der Waals surface area contributed by atoms with Gasteiger partial charge in [-0.25, -0.2) is 13.2 Å². The van der Waals surface area contributed by atoms with Crippen molar-refractivity contribution in [2.45, 2.75) is 36.5 Å². The topological polar surface area (TPSA) is 81.7 Å². The predicted octanol–water partition coefficient (Wildman–Crippen LogP) is 4.88. The molecule has 0 aliphatic heterocycles. The lowest BCUT2D eigenvalue weighted by Gasteiger charge is -2.11. The largest absolute Gasteiger partial charge is 0.494 e. The Hall–Kier alpha value is -2.45. The van der Waals surface area contributed by atoms with Crippen molar-refractivity contribution >= 4 is 33.3 Å². The van der Waals surface area contributed by atoms with Crippen molar-refractivity contribution in [3.05, 3.63) is 59.6 Å². The molecule has 2 rings (SSSR count). The summed E-state index contributed by atoms with van der Waals surface area (Å²) in [5, 5.41) is 2.88. The zero-order valence-corrected chi connectivity index (χ0v) is 19.0. The van der Waals surface area contributed by atoms with Crippen LogP contribution in [-0.4, -0.2) is 33.9 Å². The summed E-state index contributed by atoms with van der Waals surface area (Å²) in [6.07, 6.45) is 5.06. The van der Waals surface area contributed by atoms with Gasteiger partial charge in [0.25, 0.3) is 0 Å². The average Bonchev–Trinajstić information content (AvgIpc) is 2.75. The molecule has 30 heavy (non-hydrogen) atoms. The summed E-state index contributed by atoms with van der Waals surface area (Å²) in [7, 11) is -4.08. The van der Waals surface area contributed by atoms with E-state index in [0.717, 1.165) is 17.7 Å². The minimum Gasteiger partial charge on any atom is -0.494 e. The molecule has 0 aromatic heterocycles. The van der Waals surface area contributed by atoms with Crippen molar-refractivity contribution in [1.82, 2.24) is 0 Å². The number of carbonyl (C=O) groups excluding carboxylic acids is 1. The second-order valence-corrected chi connectivity index (χ2v) is 9.08. The van der Waals surface area contributed by atoms with Crippen LogP contribution in [-0.2, 0) is 19.4 Å². The van der Waals surface area contributed by atoms with Crippen LogP contribution in [0.5, 0.6) is 5.75 Å². The van der Waals surface area contributed by atoms with Crippen molar-refractivity contribution in [3.63, 3.8) is 0 Å². The fourth-order valence-corrected chi connectivity index (χ4v) is 4.11. The zero-order valence-electron chi connectivity index (χ0n) is 17.4. The van der Waals surface area contributed by atoms with Crippen molar-refractivity contribution in [1.29, 1.82) is 0 Å².